The highest BCUT2D eigenvalue weighted by atomic mass is 32.1. The predicted octanol–water partition coefficient (Wildman–Crippen LogP) is 6.16. The first-order valence-corrected chi connectivity index (χ1v) is 14.1. The number of nitrogens with zero attached hydrogens (tertiary/aromatic N) is 2. The lowest BCUT2D eigenvalue weighted by atomic mass is 10.0. The number of hydrogen-bond acceptors (Lipinski definition) is 6. The van der Waals surface area contributed by atoms with Gasteiger partial charge in [-0.25, -0.2) is 0 Å². The third-order valence-corrected chi connectivity index (χ3v) is 7.00. The molecule has 1 heterocycles. The molecule has 9 heteroatoms. The second kappa shape index (κ2) is 13.1. The molecule has 3 amide bonds. The van der Waals surface area contributed by atoms with Crippen molar-refractivity contribution in [1.82, 2.24) is 0 Å². The third-order valence-electron chi connectivity index (χ3n) is 6.63. The van der Waals surface area contributed by atoms with Gasteiger partial charge in [-0.2, -0.15) is 0 Å². The van der Waals surface area contributed by atoms with Crippen LogP contribution in [-0.2, 0) is 14.4 Å². The van der Waals surface area contributed by atoms with Gasteiger partial charge in [0, 0.05) is 5.69 Å². The maximum atomic E-state index is 13.8. The fourth-order valence-corrected chi connectivity index (χ4v) is 4.93. The van der Waals surface area contributed by atoms with Crippen molar-refractivity contribution in [3.63, 3.8) is 0 Å². The molecule has 4 aromatic carbocycles. The Morgan fingerprint density at radius 1 is 0.791 bits per heavy atom. The fraction of sp³-hybridized carbons (Fsp3) is 0.118. The van der Waals surface area contributed by atoms with Crippen LogP contribution in [0, 0.1) is 6.92 Å². The lowest BCUT2D eigenvalue weighted by Crippen LogP contribution is -2.56. The van der Waals surface area contributed by atoms with E-state index in [2.05, 4.69) is 5.32 Å². The van der Waals surface area contributed by atoms with Gasteiger partial charge in [0.25, 0.3) is 17.7 Å². The summed E-state index contributed by atoms with van der Waals surface area (Å²) in [7, 11) is 0. The molecule has 0 aromatic heterocycles. The van der Waals surface area contributed by atoms with Gasteiger partial charge >= 0.3 is 0 Å². The van der Waals surface area contributed by atoms with Gasteiger partial charge in [0.1, 0.15) is 5.57 Å². The number of nitrogens with one attached hydrogen (secondary N) is 1. The SMILES string of the molecule is CCOc1cc(C=C2C(=O)N(c3ccccc3)C(=S)N(c3ccccc3)C2=O)ccc1OCC(=O)Nc1ccccc1C. The Kier molecular flexibility index (Phi) is 8.93. The number of ether oxygens (including phenoxy) is 2. The Bertz CT molecular complexity index is 1640. The topological polar surface area (TPSA) is 88.2 Å². The van der Waals surface area contributed by atoms with Crippen LogP contribution in [-0.4, -0.2) is 36.0 Å². The van der Waals surface area contributed by atoms with Crippen molar-refractivity contribution in [1.29, 1.82) is 0 Å². The van der Waals surface area contributed by atoms with E-state index in [1.165, 1.54) is 15.9 Å². The summed E-state index contributed by atoms with van der Waals surface area (Å²) >= 11 is 5.67. The van der Waals surface area contributed by atoms with Crippen molar-refractivity contribution in [2.24, 2.45) is 0 Å². The maximum absolute atomic E-state index is 13.8. The van der Waals surface area contributed by atoms with Crippen molar-refractivity contribution in [2.45, 2.75) is 13.8 Å². The van der Waals surface area contributed by atoms with E-state index in [9.17, 15) is 14.4 Å². The normalized spacial score (nSPS) is 13.2. The summed E-state index contributed by atoms with van der Waals surface area (Å²) in [4.78, 5) is 42.8. The van der Waals surface area contributed by atoms with Crippen molar-refractivity contribution < 1.29 is 23.9 Å². The summed E-state index contributed by atoms with van der Waals surface area (Å²) in [5.74, 6) is -0.687. The quantitative estimate of drug-likeness (QED) is 0.143. The molecule has 1 aliphatic heterocycles. The van der Waals surface area contributed by atoms with Crippen LogP contribution >= 0.6 is 12.2 Å². The Morgan fingerprint density at radius 2 is 1.37 bits per heavy atom. The summed E-state index contributed by atoms with van der Waals surface area (Å²) in [6.45, 7) is 3.83. The van der Waals surface area contributed by atoms with E-state index in [0.717, 1.165) is 5.56 Å². The van der Waals surface area contributed by atoms with Crippen LogP contribution in [0.2, 0.25) is 0 Å². The van der Waals surface area contributed by atoms with E-state index in [-0.39, 0.29) is 23.2 Å². The molecule has 0 spiro atoms. The molecule has 1 fully saturated rings. The van der Waals surface area contributed by atoms with E-state index in [1.807, 2.05) is 50.2 Å². The van der Waals surface area contributed by atoms with Crippen molar-refractivity contribution in [3.8, 4) is 11.5 Å². The first kappa shape index (κ1) is 29.2. The molecular formula is C34H29N3O5S. The molecule has 0 atom stereocenters. The molecule has 0 saturated carbocycles. The van der Waals surface area contributed by atoms with Gasteiger partial charge in [-0.05, 0) is 85.7 Å². The smallest absolute Gasteiger partial charge is 0.270 e. The first-order valence-electron chi connectivity index (χ1n) is 13.7. The summed E-state index contributed by atoms with van der Waals surface area (Å²) in [5, 5.41) is 2.90. The molecule has 216 valence electrons. The van der Waals surface area contributed by atoms with Crippen molar-refractivity contribution in [3.05, 3.63) is 120 Å². The number of benzene rings is 4. The summed E-state index contributed by atoms with van der Waals surface area (Å²) in [6.07, 6.45) is 1.51. The standard InChI is InChI=1S/C34H29N3O5S/c1-3-41-30-21-24(18-19-29(30)42-22-31(38)35-28-17-11-10-12-23(28)2)20-27-32(39)36(25-13-6-4-7-14-25)34(43)37(33(27)40)26-15-8-5-9-16-26/h4-21H,3,22H2,1-2H3,(H,35,38). The van der Waals surface area contributed by atoms with Crippen LogP contribution in [0.4, 0.5) is 17.1 Å². The Labute approximate surface area is 255 Å². The van der Waals surface area contributed by atoms with Crippen LogP contribution in [0.3, 0.4) is 0 Å². The van der Waals surface area contributed by atoms with E-state index in [0.29, 0.717) is 40.7 Å². The molecule has 1 N–H and O–H groups in total. The minimum absolute atomic E-state index is 0.0623. The van der Waals surface area contributed by atoms with Crippen molar-refractivity contribution >= 4 is 58.2 Å². The Morgan fingerprint density at radius 3 is 1.95 bits per heavy atom. The summed E-state index contributed by atoms with van der Waals surface area (Å²) < 4.78 is 11.6. The monoisotopic (exact) mass is 591 g/mol. The number of carbonyl (C=O) groups is 3. The lowest BCUT2D eigenvalue weighted by molar-refractivity contribution is -0.121. The molecule has 8 nitrogen and oxygen atoms in total. The second-order valence-corrected chi connectivity index (χ2v) is 9.95. The number of hydrogen-bond donors (Lipinski definition) is 1. The summed E-state index contributed by atoms with van der Waals surface area (Å²) in [5.41, 5.74) is 3.19. The molecule has 0 radical (unpaired) electrons. The van der Waals surface area contributed by atoms with Crippen molar-refractivity contribution in [2.75, 3.05) is 28.3 Å². The van der Waals surface area contributed by atoms with E-state index < -0.39 is 11.8 Å². The zero-order valence-corrected chi connectivity index (χ0v) is 24.5. The molecule has 5 rings (SSSR count). The first-order chi connectivity index (χ1) is 20.9. The minimum Gasteiger partial charge on any atom is -0.490 e. The number of thiocarbonyl (C=S) groups is 1. The van der Waals surface area contributed by atoms with Gasteiger partial charge < -0.3 is 14.8 Å². The zero-order valence-electron chi connectivity index (χ0n) is 23.7. The zero-order chi connectivity index (χ0) is 30.3. The number of anilines is 3. The molecule has 0 bridgehead atoms. The number of para-hydroxylation sites is 3. The van der Waals surface area contributed by atoms with Gasteiger partial charge in [-0.3, -0.25) is 24.2 Å². The lowest BCUT2D eigenvalue weighted by Gasteiger charge is -2.36. The molecule has 4 aromatic rings. The highest BCUT2D eigenvalue weighted by molar-refractivity contribution is 7.81. The molecular weight excluding hydrogens is 562 g/mol. The number of amides is 3. The summed E-state index contributed by atoms with van der Waals surface area (Å²) in [6, 6.07) is 30.4. The van der Waals surface area contributed by atoms with Gasteiger partial charge in [0.2, 0.25) is 0 Å². The van der Waals surface area contributed by atoms with Gasteiger partial charge in [0.05, 0.1) is 18.0 Å². The number of carbonyl (C=O) groups excluding carboxylic acids is 3. The third kappa shape index (κ3) is 6.47. The molecule has 0 unspecified atom stereocenters. The molecule has 1 aliphatic rings. The average Bonchev–Trinajstić information content (AvgIpc) is 3.01. The second-order valence-electron chi connectivity index (χ2n) is 9.58. The van der Waals surface area contributed by atoms with Gasteiger partial charge in [0.15, 0.2) is 23.2 Å². The van der Waals surface area contributed by atoms with Crippen LogP contribution < -0.4 is 24.6 Å². The largest absolute Gasteiger partial charge is 0.490 e. The molecule has 1 saturated heterocycles. The Balaban J connectivity index is 1.44. The van der Waals surface area contributed by atoms with Crippen LogP contribution in [0.1, 0.15) is 18.1 Å². The van der Waals surface area contributed by atoms with Crippen LogP contribution in [0.5, 0.6) is 11.5 Å². The minimum atomic E-state index is -0.542. The fourth-order valence-electron chi connectivity index (χ4n) is 4.55. The Hall–Kier alpha value is -5.28. The highest BCUT2D eigenvalue weighted by Gasteiger charge is 2.41. The molecule has 0 aliphatic carbocycles. The number of rotatable bonds is 9. The highest BCUT2D eigenvalue weighted by Crippen LogP contribution is 2.33. The van der Waals surface area contributed by atoms with E-state index in [1.54, 1.807) is 66.7 Å². The van der Waals surface area contributed by atoms with Crippen LogP contribution in [0.25, 0.3) is 6.08 Å². The predicted molar refractivity (Wildman–Crippen MR) is 171 cm³/mol. The van der Waals surface area contributed by atoms with E-state index >= 15 is 0 Å². The van der Waals surface area contributed by atoms with Gasteiger partial charge in [-0.15, -0.1) is 0 Å². The van der Waals surface area contributed by atoms with E-state index in [4.69, 9.17) is 21.7 Å². The average molecular weight is 592 g/mol. The maximum Gasteiger partial charge on any atom is 0.270 e. The van der Waals surface area contributed by atoms with Crippen LogP contribution in [0.15, 0.2) is 109 Å². The van der Waals surface area contributed by atoms with Gasteiger partial charge in [-0.1, -0.05) is 60.7 Å². The molecule has 43 heavy (non-hydrogen) atoms. The number of aryl methyl sites for hydroxylation is 1.